The minimum absolute atomic E-state index is 0.388. The quantitative estimate of drug-likeness (QED) is 0.859. The van der Waals surface area contributed by atoms with Crippen molar-refractivity contribution in [3.63, 3.8) is 0 Å². The molecule has 2 N–H and O–H groups in total. The lowest BCUT2D eigenvalue weighted by Gasteiger charge is -2.18. The number of nitrogens with zero attached hydrogens (tertiary/aromatic N) is 2. The zero-order chi connectivity index (χ0) is 13.8. The smallest absolute Gasteiger partial charge is 0.105 e. The van der Waals surface area contributed by atoms with E-state index in [0.717, 1.165) is 23.4 Å². The molecule has 0 aliphatic heterocycles. The molecule has 102 valence electrons. The molecule has 0 amide bonds. The molecule has 4 nitrogen and oxygen atoms in total. The first-order valence-electron chi connectivity index (χ1n) is 6.54. The van der Waals surface area contributed by atoms with E-state index in [4.69, 9.17) is 0 Å². The van der Waals surface area contributed by atoms with Gasteiger partial charge in [-0.2, -0.15) is 5.10 Å². The molecule has 0 radical (unpaired) electrons. The van der Waals surface area contributed by atoms with Crippen molar-refractivity contribution in [2.45, 2.75) is 32.0 Å². The van der Waals surface area contributed by atoms with Crippen molar-refractivity contribution in [2.75, 3.05) is 0 Å². The third-order valence-electron chi connectivity index (χ3n) is 3.31. The van der Waals surface area contributed by atoms with Gasteiger partial charge in [-0.05, 0) is 18.1 Å². The summed E-state index contributed by atoms with van der Waals surface area (Å²) in [6, 6.07) is 11.2. The summed E-state index contributed by atoms with van der Waals surface area (Å²) in [5, 5.41) is 24.6. The Hall–Kier alpha value is -1.65. The monoisotopic (exact) mass is 260 g/mol. The average molecular weight is 260 g/mol. The van der Waals surface area contributed by atoms with Crippen LogP contribution in [0.3, 0.4) is 0 Å². The fourth-order valence-electron chi connectivity index (χ4n) is 2.13. The van der Waals surface area contributed by atoms with Crippen molar-refractivity contribution in [3.8, 4) is 0 Å². The van der Waals surface area contributed by atoms with Crippen LogP contribution in [0.1, 0.15) is 30.0 Å². The molecule has 2 atom stereocenters. The summed E-state index contributed by atoms with van der Waals surface area (Å²) < 4.78 is 1.76. The van der Waals surface area contributed by atoms with Gasteiger partial charge in [-0.15, -0.1) is 0 Å². The van der Waals surface area contributed by atoms with Crippen LogP contribution in [0, 0.1) is 0 Å². The van der Waals surface area contributed by atoms with E-state index in [1.54, 1.807) is 4.68 Å². The molecule has 2 unspecified atom stereocenters. The number of aromatic nitrogens is 2. The lowest BCUT2D eigenvalue weighted by Crippen LogP contribution is -2.22. The zero-order valence-corrected chi connectivity index (χ0v) is 11.3. The molecule has 1 heterocycles. The first kappa shape index (κ1) is 13.8. The largest absolute Gasteiger partial charge is 0.390 e. The predicted octanol–water partition coefficient (Wildman–Crippen LogP) is 1.62. The molecule has 19 heavy (non-hydrogen) atoms. The van der Waals surface area contributed by atoms with Crippen LogP contribution >= 0.6 is 0 Å². The van der Waals surface area contributed by atoms with Crippen LogP contribution in [0.25, 0.3) is 0 Å². The number of aliphatic hydroxyl groups is 2. The number of aliphatic hydroxyl groups excluding tert-OH is 2. The van der Waals surface area contributed by atoms with E-state index in [-0.39, 0.29) is 0 Å². The van der Waals surface area contributed by atoms with E-state index in [1.165, 1.54) is 0 Å². The van der Waals surface area contributed by atoms with Crippen molar-refractivity contribution in [2.24, 2.45) is 7.05 Å². The second-order valence-corrected chi connectivity index (χ2v) is 4.73. The van der Waals surface area contributed by atoms with Crippen LogP contribution in [0.4, 0.5) is 0 Å². The maximum Gasteiger partial charge on any atom is 0.105 e. The van der Waals surface area contributed by atoms with Crippen molar-refractivity contribution >= 4 is 0 Å². The summed E-state index contributed by atoms with van der Waals surface area (Å²) in [4.78, 5) is 0. The Balaban J connectivity index is 2.08. The Kier molecular flexibility index (Phi) is 4.35. The molecule has 1 aromatic carbocycles. The Morgan fingerprint density at radius 1 is 1.21 bits per heavy atom. The normalized spacial score (nSPS) is 14.3. The predicted molar refractivity (Wildman–Crippen MR) is 73.7 cm³/mol. The van der Waals surface area contributed by atoms with Crippen molar-refractivity contribution in [1.82, 2.24) is 9.78 Å². The van der Waals surface area contributed by atoms with Gasteiger partial charge in [0.25, 0.3) is 0 Å². The van der Waals surface area contributed by atoms with Crippen LogP contribution in [0.15, 0.2) is 36.4 Å². The molecule has 0 saturated heterocycles. The molecule has 0 bridgehead atoms. The number of hydrogen-bond donors (Lipinski definition) is 2. The van der Waals surface area contributed by atoms with Crippen LogP contribution in [0.2, 0.25) is 0 Å². The van der Waals surface area contributed by atoms with Crippen LogP contribution < -0.4 is 0 Å². The van der Waals surface area contributed by atoms with E-state index in [1.807, 2.05) is 50.4 Å². The second-order valence-electron chi connectivity index (χ2n) is 4.73. The minimum atomic E-state index is -0.874. The van der Waals surface area contributed by atoms with Crippen LogP contribution in [0.5, 0.6) is 0 Å². The third kappa shape index (κ3) is 3.22. The van der Waals surface area contributed by atoms with E-state index in [2.05, 4.69) is 5.10 Å². The highest BCUT2D eigenvalue weighted by Crippen LogP contribution is 2.19. The molecular formula is C15H20N2O2. The number of hydrogen-bond acceptors (Lipinski definition) is 3. The third-order valence-corrected chi connectivity index (χ3v) is 3.31. The maximum absolute atomic E-state index is 10.1. The maximum atomic E-state index is 10.1. The molecule has 2 aromatic rings. The van der Waals surface area contributed by atoms with Gasteiger partial charge in [-0.25, -0.2) is 0 Å². The lowest BCUT2D eigenvalue weighted by atomic mass is 10.0. The van der Waals surface area contributed by atoms with Gasteiger partial charge >= 0.3 is 0 Å². The van der Waals surface area contributed by atoms with Gasteiger partial charge in [0.2, 0.25) is 0 Å². The topological polar surface area (TPSA) is 58.3 Å². The van der Waals surface area contributed by atoms with Gasteiger partial charge < -0.3 is 10.2 Å². The van der Waals surface area contributed by atoms with Crippen molar-refractivity contribution in [3.05, 3.63) is 53.3 Å². The average Bonchev–Trinajstić information content (AvgIpc) is 2.79. The fourth-order valence-corrected chi connectivity index (χ4v) is 2.13. The minimum Gasteiger partial charge on any atom is -0.390 e. The Morgan fingerprint density at radius 3 is 2.47 bits per heavy atom. The van der Waals surface area contributed by atoms with Crippen molar-refractivity contribution in [1.29, 1.82) is 0 Å². The van der Waals surface area contributed by atoms with Gasteiger partial charge in [0, 0.05) is 19.2 Å². The van der Waals surface area contributed by atoms with Gasteiger partial charge in [0.05, 0.1) is 11.8 Å². The first-order chi connectivity index (χ1) is 9.11. The van der Waals surface area contributed by atoms with E-state index >= 15 is 0 Å². The van der Waals surface area contributed by atoms with E-state index in [0.29, 0.717) is 6.42 Å². The highest BCUT2D eigenvalue weighted by atomic mass is 16.3. The van der Waals surface area contributed by atoms with Gasteiger partial charge in [-0.3, -0.25) is 4.68 Å². The Labute approximate surface area is 113 Å². The van der Waals surface area contributed by atoms with E-state index < -0.39 is 12.2 Å². The fraction of sp³-hybridized carbons (Fsp3) is 0.400. The van der Waals surface area contributed by atoms with Crippen LogP contribution in [-0.4, -0.2) is 26.1 Å². The summed E-state index contributed by atoms with van der Waals surface area (Å²) >= 11 is 0. The summed E-state index contributed by atoms with van der Waals surface area (Å²) in [5.41, 5.74) is 2.66. The lowest BCUT2D eigenvalue weighted by molar-refractivity contribution is 0.0179. The highest BCUT2D eigenvalue weighted by molar-refractivity contribution is 5.19. The van der Waals surface area contributed by atoms with E-state index in [9.17, 15) is 10.2 Å². The molecular weight excluding hydrogens is 240 g/mol. The van der Waals surface area contributed by atoms with Crippen LogP contribution in [-0.2, 0) is 19.9 Å². The van der Waals surface area contributed by atoms with Crippen molar-refractivity contribution < 1.29 is 10.2 Å². The molecule has 1 aromatic heterocycles. The first-order valence-corrected chi connectivity index (χ1v) is 6.54. The number of aryl methyl sites for hydroxylation is 2. The molecule has 4 heteroatoms. The second kappa shape index (κ2) is 5.99. The molecule has 2 rings (SSSR count). The molecule has 0 saturated carbocycles. The summed E-state index contributed by atoms with van der Waals surface area (Å²) in [7, 11) is 1.86. The molecule has 0 spiro atoms. The molecule has 0 fully saturated rings. The summed E-state index contributed by atoms with van der Waals surface area (Å²) in [5.74, 6) is 0. The molecule has 0 aliphatic rings. The van der Waals surface area contributed by atoms with Gasteiger partial charge in [0.1, 0.15) is 6.10 Å². The zero-order valence-electron chi connectivity index (χ0n) is 11.3. The SMILES string of the molecule is CCc1cc(CC(O)C(O)c2ccccc2)n(C)n1. The number of rotatable bonds is 5. The van der Waals surface area contributed by atoms with Gasteiger partial charge in [-0.1, -0.05) is 37.3 Å². The number of benzene rings is 1. The Bertz CT molecular complexity index is 522. The van der Waals surface area contributed by atoms with Gasteiger partial charge in [0.15, 0.2) is 0 Å². The standard InChI is InChI=1S/C15H20N2O2/c1-3-12-9-13(17(2)16-12)10-14(18)15(19)11-7-5-4-6-8-11/h4-9,14-15,18-19H,3,10H2,1-2H3. The summed E-state index contributed by atoms with van der Waals surface area (Å²) in [6.45, 7) is 2.04. The molecule has 0 aliphatic carbocycles. The Morgan fingerprint density at radius 2 is 1.89 bits per heavy atom. The highest BCUT2D eigenvalue weighted by Gasteiger charge is 2.20. The summed E-state index contributed by atoms with van der Waals surface area (Å²) in [6.07, 6.45) is -0.450.